The minimum Gasteiger partial charge on any atom is -0.259 e. The Morgan fingerprint density at radius 2 is 1.70 bits per heavy atom. The van der Waals surface area contributed by atoms with Gasteiger partial charge in [0, 0.05) is 23.1 Å². The molecule has 1 aromatic heterocycles. The summed E-state index contributed by atoms with van der Waals surface area (Å²) in [4.78, 5) is 15.2. The molecule has 0 aliphatic carbocycles. The van der Waals surface area contributed by atoms with Gasteiger partial charge in [0.1, 0.15) is 5.82 Å². The summed E-state index contributed by atoms with van der Waals surface area (Å²) in [7, 11) is 0. The predicted molar refractivity (Wildman–Crippen MR) is 116 cm³/mol. The van der Waals surface area contributed by atoms with E-state index in [0.29, 0.717) is 17.1 Å². The van der Waals surface area contributed by atoms with Crippen LogP contribution in [0.15, 0.2) is 106 Å². The van der Waals surface area contributed by atoms with E-state index in [1.165, 1.54) is 12.1 Å². The Morgan fingerprint density at radius 1 is 0.900 bits per heavy atom. The molecule has 0 aliphatic rings. The minimum absolute atomic E-state index is 0.0565. The molecular weight excluding hydrogens is 380 g/mol. The maximum atomic E-state index is 11.1. The largest absolute Gasteiger partial charge is 0.270 e. The molecule has 0 aliphatic heterocycles. The number of hydrogen-bond acceptors (Lipinski definition) is 6. The zero-order valence-electron chi connectivity index (χ0n) is 15.7. The van der Waals surface area contributed by atoms with Crippen LogP contribution >= 0.6 is 0 Å². The number of hydrogen-bond donors (Lipinski definition) is 1. The second-order valence-electron chi connectivity index (χ2n) is 6.28. The average Bonchev–Trinajstić information content (AvgIpc) is 2.79. The van der Waals surface area contributed by atoms with Gasteiger partial charge in [0.2, 0.25) is 5.84 Å². The molecule has 0 radical (unpaired) electrons. The van der Waals surface area contributed by atoms with E-state index in [9.17, 15) is 10.1 Å². The molecule has 0 atom stereocenters. The number of nitrogens with one attached hydrogen (secondary N) is 1. The van der Waals surface area contributed by atoms with Crippen LogP contribution in [0.25, 0.3) is 10.9 Å². The zero-order chi connectivity index (χ0) is 20.8. The van der Waals surface area contributed by atoms with Gasteiger partial charge in [0.15, 0.2) is 0 Å². The molecule has 0 unspecified atom stereocenters. The second-order valence-corrected chi connectivity index (χ2v) is 6.28. The minimum atomic E-state index is -0.465. The smallest absolute Gasteiger partial charge is 0.259 e. The van der Waals surface area contributed by atoms with Gasteiger partial charge in [-0.25, -0.2) is 4.98 Å². The van der Waals surface area contributed by atoms with E-state index >= 15 is 0 Å². The molecule has 146 valence electrons. The Morgan fingerprint density at radius 3 is 2.53 bits per heavy atom. The lowest BCUT2D eigenvalue weighted by molar-refractivity contribution is -0.384. The van der Waals surface area contributed by atoms with Crippen LogP contribution in [0.1, 0.15) is 5.56 Å². The normalized spacial score (nSPS) is 11.7. The van der Waals surface area contributed by atoms with E-state index < -0.39 is 4.92 Å². The number of benzene rings is 3. The molecule has 0 saturated carbocycles. The summed E-state index contributed by atoms with van der Waals surface area (Å²) >= 11 is 0. The van der Waals surface area contributed by atoms with Gasteiger partial charge in [-0.2, -0.15) is 5.10 Å². The van der Waals surface area contributed by atoms with Gasteiger partial charge in [0.25, 0.3) is 5.69 Å². The van der Waals surface area contributed by atoms with Crippen molar-refractivity contribution in [1.82, 2.24) is 4.98 Å². The third-order valence-corrected chi connectivity index (χ3v) is 4.21. The molecule has 0 saturated heterocycles. The molecule has 3 aromatic carbocycles. The summed E-state index contributed by atoms with van der Waals surface area (Å²) < 4.78 is 0. The molecule has 4 rings (SSSR count). The van der Waals surface area contributed by atoms with Crippen molar-refractivity contribution in [2.75, 3.05) is 5.43 Å². The zero-order valence-corrected chi connectivity index (χ0v) is 15.7. The van der Waals surface area contributed by atoms with Crippen LogP contribution in [0.3, 0.4) is 0 Å². The standard InChI is InChI=1S/C22H16N6O2/c29-28(30)19-11-6-8-17(15-19)22(26-24-18-9-2-1-3-10-18)27-25-21-14-13-16-7-4-5-12-20(16)23-21/h1-15H,(H,23,25)/b26-24+,27-22+. The van der Waals surface area contributed by atoms with Crippen molar-refractivity contribution in [3.63, 3.8) is 0 Å². The molecule has 0 bridgehead atoms. The highest BCUT2D eigenvalue weighted by Gasteiger charge is 2.10. The number of para-hydroxylation sites is 1. The summed E-state index contributed by atoms with van der Waals surface area (Å²) in [5.74, 6) is 0.712. The summed E-state index contributed by atoms with van der Waals surface area (Å²) in [6.45, 7) is 0. The first-order chi connectivity index (χ1) is 14.7. The summed E-state index contributed by atoms with van der Waals surface area (Å²) in [6, 6.07) is 26.7. The van der Waals surface area contributed by atoms with Gasteiger partial charge < -0.3 is 0 Å². The number of pyridine rings is 1. The van der Waals surface area contributed by atoms with E-state index in [0.717, 1.165) is 10.9 Å². The number of aromatic nitrogens is 1. The molecule has 1 N–H and O–H groups in total. The molecule has 8 nitrogen and oxygen atoms in total. The molecule has 0 fully saturated rings. The van der Waals surface area contributed by atoms with Gasteiger partial charge in [0.05, 0.1) is 16.1 Å². The third-order valence-electron chi connectivity index (χ3n) is 4.21. The van der Waals surface area contributed by atoms with Crippen LogP contribution in [0.2, 0.25) is 0 Å². The third kappa shape index (κ3) is 4.50. The van der Waals surface area contributed by atoms with Gasteiger partial charge in [-0.1, -0.05) is 48.5 Å². The number of amidine groups is 1. The van der Waals surface area contributed by atoms with Crippen LogP contribution in [0, 0.1) is 10.1 Å². The molecule has 4 aromatic rings. The average molecular weight is 396 g/mol. The quantitative estimate of drug-likeness (QED) is 0.153. The maximum absolute atomic E-state index is 11.1. The van der Waals surface area contributed by atoms with Crippen molar-refractivity contribution in [2.24, 2.45) is 15.3 Å². The van der Waals surface area contributed by atoms with Crippen LogP contribution in [0.5, 0.6) is 0 Å². The maximum Gasteiger partial charge on any atom is 0.270 e. The van der Waals surface area contributed by atoms with Crippen LogP contribution in [-0.4, -0.2) is 15.7 Å². The van der Waals surface area contributed by atoms with E-state index in [2.05, 4.69) is 25.7 Å². The summed E-state index contributed by atoms with van der Waals surface area (Å²) in [6.07, 6.45) is 0. The van der Waals surface area contributed by atoms with E-state index in [1.54, 1.807) is 30.3 Å². The number of nitrogens with zero attached hydrogens (tertiary/aromatic N) is 5. The highest BCUT2D eigenvalue weighted by atomic mass is 16.6. The first-order valence-corrected chi connectivity index (χ1v) is 9.10. The Hall–Kier alpha value is -4.46. The fourth-order valence-electron chi connectivity index (χ4n) is 2.74. The summed E-state index contributed by atoms with van der Waals surface area (Å²) in [5, 5.41) is 24.8. The topological polar surface area (TPSA) is 105 Å². The number of nitro groups is 1. The van der Waals surface area contributed by atoms with Crippen LogP contribution < -0.4 is 5.43 Å². The van der Waals surface area contributed by atoms with Crippen LogP contribution in [-0.2, 0) is 0 Å². The Bertz CT molecular complexity index is 1250. The molecule has 0 spiro atoms. The van der Waals surface area contributed by atoms with Crippen molar-refractivity contribution in [1.29, 1.82) is 0 Å². The Kier molecular flexibility index (Phi) is 5.47. The van der Waals surface area contributed by atoms with Gasteiger partial charge in [-0.05, 0) is 30.3 Å². The first kappa shape index (κ1) is 18.9. The molecule has 8 heteroatoms. The number of nitro benzene ring substituents is 1. The fraction of sp³-hybridized carbons (Fsp3) is 0. The molecule has 30 heavy (non-hydrogen) atoms. The van der Waals surface area contributed by atoms with E-state index in [-0.39, 0.29) is 11.5 Å². The second kappa shape index (κ2) is 8.70. The van der Waals surface area contributed by atoms with Crippen molar-refractivity contribution < 1.29 is 4.92 Å². The van der Waals surface area contributed by atoms with Crippen molar-refractivity contribution in [3.8, 4) is 0 Å². The first-order valence-electron chi connectivity index (χ1n) is 9.10. The lowest BCUT2D eigenvalue weighted by Gasteiger charge is -2.04. The van der Waals surface area contributed by atoms with Crippen LogP contribution in [0.4, 0.5) is 17.2 Å². The highest BCUT2D eigenvalue weighted by Crippen LogP contribution is 2.18. The summed E-state index contributed by atoms with van der Waals surface area (Å²) in [5.41, 5.74) is 4.73. The Labute approximate surface area is 171 Å². The van der Waals surface area contributed by atoms with E-state index in [4.69, 9.17) is 0 Å². The molecule has 0 amide bonds. The van der Waals surface area contributed by atoms with Gasteiger partial charge >= 0.3 is 0 Å². The number of hydrazone groups is 1. The number of fused-ring (bicyclic) bond motifs is 1. The SMILES string of the molecule is O=[N+]([O-])c1cccc(C(/N=N/c2ccccc2)=N\Nc2ccc3ccccc3n2)c1. The lowest BCUT2D eigenvalue weighted by atomic mass is 10.2. The predicted octanol–water partition coefficient (Wildman–Crippen LogP) is 5.70. The lowest BCUT2D eigenvalue weighted by Crippen LogP contribution is -2.03. The van der Waals surface area contributed by atoms with Gasteiger partial charge in [-0.15, -0.1) is 10.2 Å². The fourth-order valence-corrected chi connectivity index (χ4v) is 2.74. The van der Waals surface area contributed by atoms with Crippen molar-refractivity contribution >= 4 is 33.9 Å². The number of rotatable bonds is 5. The number of azo groups is 1. The van der Waals surface area contributed by atoms with Crippen molar-refractivity contribution in [2.45, 2.75) is 0 Å². The Balaban J connectivity index is 1.68. The number of anilines is 1. The molecular formula is C22H16N6O2. The highest BCUT2D eigenvalue weighted by molar-refractivity contribution is 6.00. The van der Waals surface area contributed by atoms with E-state index in [1.807, 2.05) is 48.5 Å². The van der Waals surface area contributed by atoms with Crippen molar-refractivity contribution in [3.05, 3.63) is 107 Å². The van der Waals surface area contributed by atoms with Gasteiger partial charge in [-0.3, -0.25) is 15.5 Å². The molecule has 1 heterocycles. The monoisotopic (exact) mass is 396 g/mol. The number of non-ortho nitro benzene ring substituents is 1.